The van der Waals surface area contributed by atoms with Crippen LogP contribution in [0.2, 0.25) is 0 Å². The van der Waals surface area contributed by atoms with Crippen molar-refractivity contribution in [3.8, 4) is 0 Å². The van der Waals surface area contributed by atoms with E-state index >= 15 is 0 Å². The third kappa shape index (κ3) is 2.78. The lowest BCUT2D eigenvalue weighted by Gasteiger charge is -2.23. The second-order valence-corrected chi connectivity index (χ2v) is 3.90. The van der Waals surface area contributed by atoms with Crippen molar-refractivity contribution in [2.75, 3.05) is 6.54 Å². The van der Waals surface area contributed by atoms with Gasteiger partial charge in [0.1, 0.15) is 0 Å². The van der Waals surface area contributed by atoms with Crippen LogP contribution in [-0.4, -0.2) is 35.1 Å². The van der Waals surface area contributed by atoms with Gasteiger partial charge >= 0.3 is 0 Å². The Balaban J connectivity index is 2.39. The van der Waals surface area contributed by atoms with Gasteiger partial charge in [-0.05, 0) is 13.3 Å². The Morgan fingerprint density at radius 1 is 1.64 bits per heavy atom. The first kappa shape index (κ1) is 11.1. The minimum atomic E-state index is -0.827. The molecule has 2 atom stereocenters. The predicted octanol–water partition coefficient (Wildman–Crippen LogP) is -0.848. The summed E-state index contributed by atoms with van der Waals surface area (Å²) in [5.74, 6) is -0.564. The largest absolute Gasteiger partial charge is 0.389 e. The molecule has 80 valence electrons. The second-order valence-electron chi connectivity index (χ2n) is 3.90. The zero-order chi connectivity index (χ0) is 10.8. The van der Waals surface area contributed by atoms with Crippen LogP contribution in [0.4, 0.5) is 0 Å². The molecule has 2 amide bonds. The highest BCUT2D eigenvalue weighted by molar-refractivity contribution is 6.05. The fourth-order valence-corrected chi connectivity index (χ4v) is 1.19. The fraction of sp³-hybridized carbons (Fsp3) is 0.778. The molecular formula is C9H16N2O3. The van der Waals surface area contributed by atoms with Crippen LogP contribution >= 0.6 is 0 Å². The van der Waals surface area contributed by atoms with Gasteiger partial charge in [0.15, 0.2) is 0 Å². The molecule has 5 heteroatoms. The average Bonchev–Trinajstić information content (AvgIpc) is 2.42. The summed E-state index contributed by atoms with van der Waals surface area (Å²) >= 11 is 0. The summed E-state index contributed by atoms with van der Waals surface area (Å²) < 4.78 is 0. The van der Waals surface area contributed by atoms with Gasteiger partial charge in [-0.3, -0.25) is 14.9 Å². The van der Waals surface area contributed by atoms with Gasteiger partial charge in [-0.1, -0.05) is 6.92 Å². The summed E-state index contributed by atoms with van der Waals surface area (Å²) in [7, 11) is 0. The van der Waals surface area contributed by atoms with Gasteiger partial charge < -0.3 is 10.4 Å². The Hall–Kier alpha value is -0.940. The highest BCUT2D eigenvalue weighted by Crippen LogP contribution is 2.08. The molecule has 0 aromatic rings. The minimum absolute atomic E-state index is 0.165. The number of nitrogens with one attached hydrogen (secondary N) is 2. The summed E-state index contributed by atoms with van der Waals surface area (Å²) in [5.41, 5.74) is -0.827. The van der Waals surface area contributed by atoms with Crippen molar-refractivity contribution < 1.29 is 14.7 Å². The predicted molar refractivity (Wildman–Crippen MR) is 50.5 cm³/mol. The van der Waals surface area contributed by atoms with Crippen LogP contribution in [0.1, 0.15) is 26.7 Å². The van der Waals surface area contributed by atoms with Crippen LogP contribution in [-0.2, 0) is 9.59 Å². The SMILES string of the molecule is CCC(C)(O)CNC1CC(=O)NC1=O. The standard InChI is InChI=1S/C9H16N2O3/c1-3-9(2,14)5-10-6-4-7(12)11-8(6)13/h6,10,14H,3-5H2,1-2H3,(H,11,12,13). The number of carbonyl (C=O) groups is 2. The van der Waals surface area contributed by atoms with Crippen LogP contribution in [0, 0.1) is 0 Å². The number of hydrogen-bond acceptors (Lipinski definition) is 4. The first-order valence-corrected chi connectivity index (χ1v) is 4.74. The van der Waals surface area contributed by atoms with E-state index in [1.54, 1.807) is 6.92 Å². The molecule has 5 nitrogen and oxygen atoms in total. The van der Waals surface area contributed by atoms with E-state index in [1.807, 2.05) is 6.92 Å². The number of imide groups is 1. The molecule has 1 aliphatic rings. The van der Waals surface area contributed by atoms with Crippen molar-refractivity contribution in [2.24, 2.45) is 0 Å². The van der Waals surface area contributed by atoms with Gasteiger partial charge in [0.25, 0.3) is 0 Å². The van der Waals surface area contributed by atoms with Gasteiger partial charge in [0.2, 0.25) is 11.8 Å². The Bertz CT molecular complexity index is 250. The minimum Gasteiger partial charge on any atom is -0.389 e. The molecule has 0 saturated carbocycles. The van der Waals surface area contributed by atoms with Gasteiger partial charge in [0.05, 0.1) is 18.1 Å². The molecule has 3 N–H and O–H groups in total. The Kier molecular flexibility index (Phi) is 3.23. The summed E-state index contributed by atoms with van der Waals surface area (Å²) in [5, 5.41) is 14.7. The first-order chi connectivity index (χ1) is 6.44. The molecule has 1 rings (SSSR count). The number of carbonyl (C=O) groups excluding carboxylic acids is 2. The summed E-state index contributed by atoms with van der Waals surface area (Å²) in [6.07, 6.45) is 0.765. The van der Waals surface area contributed by atoms with Gasteiger partial charge in [-0.25, -0.2) is 0 Å². The van der Waals surface area contributed by atoms with E-state index < -0.39 is 11.6 Å². The maximum Gasteiger partial charge on any atom is 0.244 e. The molecule has 0 radical (unpaired) electrons. The topological polar surface area (TPSA) is 78.4 Å². The lowest BCUT2D eigenvalue weighted by atomic mass is 10.0. The van der Waals surface area contributed by atoms with Gasteiger partial charge in [0, 0.05) is 6.54 Å². The van der Waals surface area contributed by atoms with Crippen molar-refractivity contribution in [3.05, 3.63) is 0 Å². The van der Waals surface area contributed by atoms with E-state index in [0.29, 0.717) is 13.0 Å². The van der Waals surface area contributed by atoms with Crippen LogP contribution in [0.15, 0.2) is 0 Å². The average molecular weight is 200 g/mol. The fourth-order valence-electron chi connectivity index (χ4n) is 1.19. The van der Waals surface area contributed by atoms with E-state index in [-0.39, 0.29) is 18.2 Å². The van der Waals surface area contributed by atoms with Crippen LogP contribution in [0.5, 0.6) is 0 Å². The van der Waals surface area contributed by atoms with Crippen molar-refractivity contribution in [1.82, 2.24) is 10.6 Å². The van der Waals surface area contributed by atoms with Crippen molar-refractivity contribution in [2.45, 2.75) is 38.3 Å². The van der Waals surface area contributed by atoms with Crippen molar-refractivity contribution >= 4 is 11.8 Å². The molecule has 2 unspecified atom stereocenters. The smallest absolute Gasteiger partial charge is 0.244 e. The van der Waals surface area contributed by atoms with E-state index in [2.05, 4.69) is 10.6 Å². The van der Waals surface area contributed by atoms with Gasteiger partial charge in [-0.15, -0.1) is 0 Å². The number of rotatable bonds is 4. The second kappa shape index (κ2) is 4.06. The van der Waals surface area contributed by atoms with Crippen molar-refractivity contribution in [3.63, 3.8) is 0 Å². The molecule has 0 aliphatic carbocycles. The van der Waals surface area contributed by atoms with Crippen LogP contribution in [0.3, 0.4) is 0 Å². The molecule has 1 saturated heterocycles. The molecule has 1 aliphatic heterocycles. The Labute approximate surface area is 82.9 Å². The van der Waals surface area contributed by atoms with Crippen molar-refractivity contribution in [1.29, 1.82) is 0 Å². The molecule has 1 heterocycles. The number of hydrogen-bond donors (Lipinski definition) is 3. The zero-order valence-corrected chi connectivity index (χ0v) is 8.46. The third-order valence-electron chi connectivity index (χ3n) is 2.46. The molecule has 0 bridgehead atoms. The lowest BCUT2D eigenvalue weighted by molar-refractivity contribution is -0.125. The van der Waals surface area contributed by atoms with Crippen LogP contribution < -0.4 is 10.6 Å². The monoisotopic (exact) mass is 200 g/mol. The molecule has 0 aromatic heterocycles. The maximum absolute atomic E-state index is 11.1. The summed E-state index contributed by atoms with van der Waals surface area (Å²) in [6.45, 7) is 3.87. The van der Waals surface area contributed by atoms with E-state index in [4.69, 9.17) is 0 Å². The van der Waals surface area contributed by atoms with E-state index in [1.165, 1.54) is 0 Å². The molecule has 14 heavy (non-hydrogen) atoms. The summed E-state index contributed by atoms with van der Waals surface area (Å²) in [4.78, 5) is 21.9. The Morgan fingerprint density at radius 3 is 2.71 bits per heavy atom. The first-order valence-electron chi connectivity index (χ1n) is 4.74. The molecule has 1 fully saturated rings. The highest BCUT2D eigenvalue weighted by atomic mass is 16.3. The molecule has 0 spiro atoms. The maximum atomic E-state index is 11.1. The quantitative estimate of drug-likeness (QED) is 0.517. The molecule has 0 aromatic carbocycles. The summed E-state index contributed by atoms with van der Waals surface area (Å²) in [6, 6.07) is -0.486. The van der Waals surface area contributed by atoms with E-state index in [0.717, 1.165) is 0 Å². The molecular weight excluding hydrogens is 184 g/mol. The number of amides is 2. The normalized spacial score (nSPS) is 26.1. The van der Waals surface area contributed by atoms with Gasteiger partial charge in [-0.2, -0.15) is 0 Å². The zero-order valence-electron chi connectivity index (χ0n) is 8.46. The highest BCUT2D eigenvalue weighted by Gasteiger charge is 2.31. The lowest BCUT2D eigenvalue weighted by Crippen LogP contribution is -2.45. The van der Waals surface area contributed by atoms with Crippen LogP contribution in [0.25, 0.3) is 0 Å². The third-order valence-corrected chi connectivity index (χ3v) is 2.46. The van der Waals surface area contributed by atoms with E-state index in [9.17, 15) is 14.7 Å². The number of aliphatic hydroxyl groups is 1. The Morgan fingerprint density at radius 2 is 2.29 bits per heavy atom.